The number of anilines is 2. The Morgan fingerprint density at radius 2 is 1.74 bits per heavy atom. The molecule has 2 fully saturated rings. The van der Waals surface area contributed by atoms with Crippen molar-refractivity contribution in [3.05, 3.63) is 53.6 Å². The van der Waals surface area contributed by atoms with Crippen LogP contribution in [0.15, 0.2) is 47.4 Å². The second kappa shape index (κ2) is 9.62. The van der Waals surface area contributed by atoms with Gasteiger partial charge in [-0.1, -0.05) is 24.3 Å². The van der Waals surface area contributed by atoms with Crippen LogP contribution < -0.4 is 15.1 Å². The van der Waals surface area contributed by atoms with E-state index < -0.39 is 10.0 Å². The number of amides is 2. The zero-order valence-corrected chi connectivity index (χ0v) is 20.9. The highest BCUT2D eigenvalue weighted by atomic mass is 32.2. The van der Waals surface area contributed by atoms with Gasteiger partial charge in [0.2, 0.25) is 21.8 Å². The minimum absolute atomic E-state index is 0.140. The number of nitrogens with one attached hydrogen (secondary N) is 1. The maximum Gasteiger partial charge on any atom is 0.250 e. The largest absolute Gasteiger partial charge is 0.358 e. The molecule has 0 radical (unpaired) electrons. The molecule has 0 unspecified atom stereocenters. The molecule has 2 aromatic carbocycles. The fourth-order valence-corrected chi connectivity index (χ4v) is 6.88. The Labute approximate surface area is 206 Å². The number of aryl methyl sites for hydroxylation is 1. The highest BCUT2D eigenvalue weighted by Gasteiger charge is 2.41. The van der Waals surface area contributed by atoms with E-state index in [1.165, 1.54) is 9.21 Å². The van der Waals surface area contributed by atoms with Gasteiger partial charge in [0.15, 0.2) is 0 Å². The molecular weight excluding hydrogens is 464 g/mol. The standard InChI is InChI=1S/C26H32N4O4S/c1-19-8-2-3-9-20(19)17-27-25(31)18-30-24-16-21(35(33,34)28-13-6-7-14-28)11-12-22(24)29-15-5-4-10-23(29)26(30)32/h2-3,8-9,11-12,16,23H,4-7,10,13-15,17-18H2,1H3,(H,27,31)/t23-/m1/s1. The molecular formula is C26H32N4O4S. The molecule has 1 N–H and O–H groups in total. The Morgan fingerprint density at radius 1 is 1.00 bits per heavy atom. The molecule has 0 aliphatic carbocycles. The predicted molar refractivity (Wildman–Crippen MR) is 135 cm³/mol. The Morgan fingerprint density at radius 3 is 2.51 bits per heavy atom. The SMILES string of the molecule is Cc1ccccc1CNC(=O)CN1C(=O)[C@H]2CCCCN2c2ccc(S(=O)(=O)N3CCCC3)cc21. The number of hydrogen-bond acceptors (Lipinski definition) is 5. The van der Waals surface area contributed by atoms with Crippen molar-refractivity contribution in [1.29, 1.82) is 0 Å². The number of nitrogens with zero attached hydrogens (tertiary/aromatic N) is 3. The van der Waals surface area contributed by atoms with Gasteiger partial charge in [-0.25, -0.2) is 8.42 Å². The summed E-state index contributed by atoms with van der Waals surface area (Å²) in [4.78, 5) is 30.2. The van der Waals surface area contributed by atoms with E-state index in [4.69, 9.17) is 0 Å². The smallest absolute Gasteiger partial charge is 0.250 e. The molecule has 3 aliphatic heterocycles. The number of fused-ring (bicyclic) bond motifs is 3. The number of hydrogen-bond donors (Lipinski definition) is 1. The van der Waals surface area contributed by atoms with Gasteiger partial charge in [0.05, 0.1) is 16.3 Å². The molecule has 2 saturated heterocycles. The lowest BCUT2D eigenvalue weighted by molar-refractivity contribution is -0.125. The quantitative estimate of drug-likeness (QED) is 0.664. The summed E-state index contributed by atoms with van der Waals surface area (Å²) < 4.78 is 28.0. The van der Waals surface area contributed by atoms with Crippen LogP contribution in [0.4, 0.5) is 11.4 Å². The third kappa shape index (κ3) is 4.54. The number of carbonyl (C=O) groups excluding carboxylic acids is 2. The zero-order chi connectivity index (χ0) is 24.6. The van der Waals surface area contributed by atoms with Gasteiger partial charge in [-0.3, -0.25) is 14.5 Å². The number of benzene rings is 2. The van der Waals surface area contributed by atoms with Crippen molar-refractivity contribution in [3.8, 4) is 0 Å². The summed E-state index contributed by atoms with van der Waals surface area (Å²) in [6.45, 7) is 3.99. The van der Waals surface area contributed by atoms with E-state index in [0.29, 0.717) is 25.3 Å². The van der Waals surface area contributed by atoms with Crippen molar-refractivity contribution < 1.29 is 18.0 Å². The number of piperidine rings is 1. The summed E-state index contributed by atoms with van der Waals surface area (Å²) >= 11 is 0. The van der Waals surface area contributed by atoms with E-state index >= 15 is 0 Å². The van der Waals surface area contributed by atoms with Crippen molar-refractivity contribution in [1.82, 2.24) is 9.62 Å². The molecule has 0 aromatic heterocycles. The van der Waals surface area contributed by atoms with Crippen LogP contribution in [0.5, 0.6) is 0 Å². The van der Waals surface area contributed by atoms with Gasteiger partial charge in [-0.15, -0.1) is 0 Å². The molecule has 0 bridgehead atoms. The predicted octanol–water partition coefficient (Wildman–Crippen LogP) is 2.80. The summed E-state index contributed by atoms with van der Waals surface area (Å²) in [6, 6.07) is 12.6. The number of carbonyl (C=O) groups is 2. The Bertz CT molecular complexity index is 1240. The molecule has 186 valence electrons. The van der Waals surface area contributed by atoms with Crippen molar-refractivity contribution in [2.24, 2.45) is 0 Å². The van der Waals surface area contributed by atoms with Gasteiger partial charge >= 0.3 is 0 Å². The van der Waals surface area contributed by atoms with E-state index in [2.05, 4.69) is 10.2 Å². The van der Waals surface area contributed by atoms with Crippen LogP contribution in [0, 0.1) is 6.92 Å². The second-order valence-corrected chi connectivity index (χ2v) is 11.5. The molecule has 3 aliphatic rings. The van der Waals surface area contributed by atoms with Gasteiger partial charge in [0, 0.05) is 26.2 Å². The highest BCUT2D eigenvalue weighted by molar-refractivity contribution is 7.89. The first kappa shape index (κ1) is 23.8. The molecule has 8 nitrogen and oxygen atoms in total. The fraction of sp³-hybridized carbons (Fsp3) is 0.462. The summed E-state index contributed by atoms with van der Waals surface area (Å²) in [5.41, 5.74) is 3.42. The number of sulfonamides is 1. The average Bonchev–Trinajstić information content (AvgIpc) is 3.42. The Kier molecular flexibility index (Phi) is 6.55. The maximum absolute atomic E-state index is 13.5. The van der Waals surface area contributed by atoms with Crippen LogP contribution in [0.2, 0.25) is 0 Å². The van der Waals surface area contributed by atoms with Gasteiger partial charge in [0.25, 0.3) is 0 Å². The summed E-state index contributed by atoms with van der Waals surface area (Å²) in [7, 11) is -3.65. The topological polar surface area (TPSA) is 90.0 Å². The summed E-state index contributed by atoms with van der Waals surface area (Å²) in [5, 5.41) is 2.93. The first-order chi connectivity index (χ1) is 16.9. The molecule has 9 heteroatoms. The monoisotopic (exact) mass is 496 g/mol. The molecule has 2 amide bonds. The molecule has 35 heavy (non-hydrogen) atoms. The van der Waals surface area contributed by atoms with Gasteiger partial charge in [-0.05, 0) is 68.4 Å². The summed E-state index contributed by atoms with van der Waals surface area (Å²) in [6.07, 6.45) is 4.37. The van der Waals surface area contributed by atoms with E-state index in [0.717, 1.165) is 55.5 Å². The lowest BCUT2D eigenvalue weighted by atomic mass is 9.96. The normalized spacial score (nSPS) is 20.5. The van der Waals surface area contributed by atoms with Crippen LogP contribution in [-0.4, -0.2) is 56.8 Å². The van der Waals surface area contributed by atoms with Crippen LogP contribution in [-0.2, 0) is 26.2 Å². The highest BCUT2D eigenvalue weighted by Crippen LogP contribution is 2.41. The lowest BCUT2D eigenvalue weighted by Crippen LogP contribution is -2.57. The van der Waals surface area contributed by atoms with Crippen molar-refractivity contribution >= 4 is 33.2 Å². The molecule has 3 heterocycles. The first-order valence-electron chi connectivity index (χ1n) is 12.4. The zero-order valence-electron chi connectivity index (χ0n) is 20.1. The van der Waals surface area contributed by atoms with E-state index in [9.17, 15) is 18.0 Å². The van der Waals surface area contributed by atoms with E-state index in [-0.39, 0.29) is 29.3 Å². The molecule has 2 aromatic rings. The first-order valence-corrected chi connectivity index (χ1v) is 13.8. The van der Waals surface area contributed by atoms with E-state index in [1.54, 1.807) is 18.2 Å². The summed E-state index contributed by atoms with van der Waals surface area (Å²) in [5.74, 6) is -0.413. The number of rotatable bonds is 6. The van der Waals surface area contributed by atoms with E-state index in [1.807, 2.05) is 31.2 Å². The van der Waals surface area contributed by atoms with Crippen LogP contribution >= 0.6 is 0 Å². The van der Waals surface area contributed by atoms with Gasteiger partial charge in [-0.2, -0.15) is 4.31 Å². The Balaban J connectivity index is 1.44. The second-order valence-electron chi connectivity index (χ2n) is 9.59. The van der Waals surface area contributed by atoms with Crippen LogP contribution in [0.25, 0.3) is 0 Å². The average molecular weight is 497 g/mol. The third-order valence-electron chi connectivity index (χ3n) is 7.34. The minimum atomic E-state index is -3.65. The molecule has 5 rings (SSSR count). The Hall–Kier alpha value is -2.91. The minimum Gasteiger partial charge on any atom is -0.358 e. The van der Waals surface area contributed by atoms with Crippen LogP contribution in [0.3, 0.4) is 0 Å². The van der Waals surface area contributed by atoms with Crippen molar-refractivity contribution in [2.45, 2.75) is 56.5 Å². The van der Waals surface area contributed by atoms with Gasteiger partial charge in [0.1, 0.15) is 12.6 Å². The molecule has 0 spiro atoms. The fourth-order valence-electron chi connectivity index (χ4n) is 5.34. The van der Waals surface area contributed by atoms with Crippen molar-refractivity contribution in [3.63, 3.8) is 0 Å². The van der Waals surface area contributed by atoms with Gasteiger partial charge < -0.3 is 10.2 Å². The lowest BCUT2D eigenvalue weighted by Gasteiger charge is -2.45. The molecule has 0 saturated carbocycles. The molecule has 1 atom stereocenters. The maximum atomic E-state index is 13.5. The van der Waals surface area contributed by atoms with Crippen LogP contribution in [0.1, 0.15) is 43.2 Å². The third-order valence-corrected chi connectivity index (χ3v) is 9.24. The van der Waals surface area contributed by atoms with Crippen molar-refractivity contribution in [2.75, 3.05) is 36.0 Å².